The van der Waals surface area contributed by atoms with Crippen molar-refractivity contribution in [2.75, 3.05) is 6.54 Å². The molecule has 0 aliphatic heterocycles. The fraction of sp³-hybridized carbons (Fsp3) is 0.529. The molecule has 1 heterocycles. The normalized spacial score (nSPS) is 12.8. The van der Waals surface area contributed by atoms with Crippen LogP contribution in [-0.4, -0.2) is 16.1 Å². The van der Waals surface area contributed by atoms with Gasteiger partial charge < -0.3 is 5.32 Å². The Kier molecular flexibility index (Phi) is 5.88. The molecule has 0 saturated carbocycles. The summed E-state index contributed by atoms with van der Waals surface area (Å²) >= 11 is 1.53. The Bertz CT molecular complexity index is 545. The molecule has 1 unspecified atom stereocenters. The first-order chi connectivity index (χ1) is 10.2. The summed E-state index contributed by atoms with van der Waals surface area (Å²) in [4.78, 5) is 1.28. The molecular formula is C17H25N3S. The van der Waals surface area contributed by atoms with Crippen molar-refractivity contribution in [3.05, 3.63) is 46.0 Å². The van der Waals surface area contributed by atoms with Gasteiger partial charge in [-0.05, 0) is 48.0 Å². The SMILES string of the molecule is CCNC(Cc1ccc(CC)cc1)c1snnc1C(C)C. The molecule has 114 valence electrons. The van der Waals surface area contributed by atoms with Gasteiger partial charge in [-0.1, -0.05) is 56.4 Å². The second-order valence-electron chi connectivity index (χ2n) is 5.66. The Morgan fingerprint density at radius 3 is 2.33 bits per heavy atom. The van der Waals surface area contributed by atoms with Crippen molar-refractivity contribution >= 4 is 11.5 Å². The van der Waals surface area contributed by atoms with Gasteiger partial charge in [-0.15, -0.1) is 5.10 Å². The molecule has 0 radical (unpaired) electrons. The van der Waals surface area contributed by atoms with Crippen LogP contribution in [0.4, 0.5) is 0 Å². The second-order valence-corrected chi connectivity index (χ2v) is 6.45. The summed E-state index contributed by atoms with van der Waals surface area (Å²) in [6, 6.07) is 9.25. The van der Waals surface area contributed by atoms with E-state index in [0.29, 0.717) is 12.0 Å². The number of likely N-dealkylation sites (N-methyl/N-ethyl adjacent to an activating group) is 1. The van der Waals surface area contributed by atoms with Crippen LogP contribution < -0.4 is 5.32 Å². The first kappa shape index (κ1) is 16.1. The van der Waals surface area contributed by atoms with Crippen molar-refractivity contribution in [2.24, 2.45) is 0 Å². The minimum atomic E-state index is 0.305. The second kappa shape index (κ2) is 7.66. The zero-order valence-electron chi connectivity index (χ0n) is 13.4. The predicted molar refractivity (Wildman–Crippen MR) is 89.9 cm³/mol. The number of nitrogens with zero attached hydrogens (tertiary/aromatic N) is 2. The maximum absolute atomic E-state index is 4.32. The highest BCUT2D eigenvalue weighted by Crippen LogP contribution is 2.28. The van der Waals surface area contributed by atoms with Gasteiger partial charge >= 0.3 is 0 Å². The first-order valence-corrected chi connectivity index (χ1v) is 8.56. The molecule has 21 heavy (non-hydrogen) atoms. The number of aromatic nitrogens is 2. The molecular weight excluding hydrogens is 278 g/mol. The summed E-state index contributed by atoms with van der Waals surface area (Å²) in [6.45, 7) is 9.65. The Labute approximate surface area is 132 Å². The van der Waals surface area contributed by atoms with E-state index >= 15 is 0 Å². The van der Waals surface area contributed by atoms with Gasteiger partial charge in [0.05, 0.1) is 10.6 Å². The summed E-state index contributed by atoms with van der Waals surface area (Å²) in [6.07, 6.45) is 2.08. The van der Waals surface area contributed by atoms with E-state index in [2.05, 4.69) is 66.9 Å². The first-order valence-electron chi connectivity index (χ1n) is 7.79. The third kappa shape index (κ3) is 4.11. The van der Waals surface area contributed by atoms with Gasteiger partial charge in [-0.25, -0.2) is 0 Å². The van der Waals surface area contributed by atoms with Gasteiger partial charge in [0.15, 0.2) is 0 Å². The van der Waals surface area contributed by atoms with Crippen molar-refractivity contribution in [1.29, 1.82) is 0 Å². The van der Waals surface area contributed by atoms with Gasteiger partial charge in [-0.2, -0.15) is 0 Å². The van der Waals surface area contributed by atoms with Gasteiger partial charge in [0.25, 0.3) is 0 Å². The highest BCUT2D eigenvalue weighted by molar-refractivity contribution is 7.05. The molecule has 1 aromatic heterocycles. The number of aryl methyl sites for hydroxylation is 1. The fourth-order valence-corrected chi connectivity index (χ4v) is 3.38. The number of benzene rings is 1. The fourth-order valence-electron chi connectivity index (χ4n) is 2.50. The standard InChI is InChI=1S/C17H25N3S/c1-5-13-7-9-14(10-8-13)11-15(18-6-2)17-16(12(3)4)19-20-21-17/h7-10,12,15,18H,5-6,11H2,1-4H3. The third-order valence-corrected chi connectivity index (χ3v) is 4.58. The number of rotatable bonds is 7. The van der Waals surface area contributed by atoms with E-state index in [-0.39, 0.29) is 0 Å². The van der Waals surface area contributed by atoms with E-state index in [0.717, 1.165) is 25.1 Å². The lowest BCUT2D eigenvalue weighted by atomic mass is 9.99. The monoisotopic (exact) mass is 303 g/mol. The molecule has 2 rings (SSSR count). The van der Waals surface area contributed by atoms with E-state index < -0.39 is 0 Å². The summed E-state index contributed by atoms with van der Waals surface area (Å²) in [7, 11) is 0. The molecule has 3 nitrogen and oxygen atoms in total. The largest absolute Gasteiger partial charge is 0.309 e. The smallest absolute Gasteiger partial charge is 0.0829 e. The van der Waals surface area contributed by atoms with Crippen molar-refractivity contribution in [2.45, 2.75) is 52.5 Å². The Morgan fingerprint density at radius 1 is 1.10 bits per heavy atom. The quantitative estimate of drug-likeness (QED) is 0.836. The molecule has 0 amide bonds. The average Bonchev–Trinajstić information content (AvgIpc) is 2.97. The zero-order chi connectivity index (χ0) is 15.2. The third-order valence-electron chi connectivity index (χ3n) is 3.73. The van der Waals surface area contributed by atoms with E-state index in [9.17, 15) is 0 Å². The lowest BCUT2D eigenvalue weighted by Gasteiger charge is -2.18. The number of hydrogen-bond donors (Lipinski definition) is 1. The summed E-state index contributed by atoms with van der Waals surface area (Å²) in [5.41, 5.74) is 3.89. The molecule has 2 aromatic rings. The molecule has 0 fully saturated rings. The van der Waals surface area contributed by atoms with Crippen LogP contribution in [0, 0.1) is 0 Å². The van der Waals surface area contributed by atoms with Crippen molar-refractivity contribution in [1.82, 2.24) is 14.9 Å². The van der Waals surface area contributed by atoms with Crippen LogP contribution in [0.2, 0.25) is 0 Å². The number of hydrogen-bond acceptors (Lipinski definition) is 4. The van der Waals surface area contributed by atoms with E-state index in [1.807, 2.05) is 0 Å². The summed E-state index contributed by atoms with van der Waals surface area (Å²) in [5.74, 6) is 0.419. The van der Waals surface area contributed by atoms with Crippen molar-refractivity contribution in [3.63, 3.8) is 0 Å². The van der Waals surface area contributed by atoms with Crippen LogP contribution in [-0.2, 0) is 12.8 Å². The van der Waals surface area contributed by atoms with E-state index in [1.165, 1.54) is 27.5 Å². The molecule has 0 aliphatic rings. The molecule has 0 saturated heterocycles. The predicted octanol–water partition coefficient (Wildman–Crippen LogP) is 4.12. The molecule has 1 aromatic carbocycles. The number of nitrogens with one attached hydrogen (secondary N) is 1. The van der Waals surface area contributed by atoms with E-state index in [1.54, 1.807) is 0 Å². The minimum absolute atomic E-state index is 0.305. The molecule has 0 bridgehead atoms. The molecule has 0 spiro atoms. The molecule has 1 N–H and O–H groups in total. The van der Waals surface area contributed by atoms with Crippen molar-refractivity contribution < 1.29 is 0 Å². The topological polar surface area (TPSA) is 37.8 Å². The summed E-state index contributed by atoms with van der Waals surface area (Å²) < 4.78 is 4.17. The van der Waals surface area contributed by atoms with Gasteiger partial charge in [0.2, 0.25) is 0 Å². The van der Waals surface area contributed by atoms with Gasteiger partial charge in [0, 0.05) is 6.04 Å². The maximum Gasteiger partial charge on any atom is 0.0829 e. The van der Waals surface area contributed by atoms with Gasteiger partial charge in [0.1, 0.15) is 0 Å². The molecule has 4 heteroatoms. The average molecular weight is 303 g/mol. The Balaban J connectivity index is 2.19. The lowest BCUT2D eigenvalue weighted by Crippen LogP contribution is -2.23. The van der Waals surface area contributed by atoms with E-state index in [4.69, 9.17) is 0 Å². The Morgan fingerprint density at radius 2 is 1.76 bits per heavy atom. The summed E-state index contributed by atoms with van der Waals surface area (Å²) in [5, 5.41) is 7.90. The van der Waals surface area contributed by atoms with Crippen LogP contribution >= 0.6 is 11.5 Å². The minimum Gasteiger partial charge on any atom is -0.309 e. The van der Waals surface area contributed by atoms with Crippen LogP contribution in [0.1, 0.15) is 61.4 Å². The van der Waals surface area contributed by atoms with Crippen LogP contribution in [0.25, 0.3) is 0 Å². The van der Waals surface area contributed by atoms with Crippen LogP contribution in [0.3, 0.4) is 0 Å². The zero-order valence-corrected chi connectivity index (χ0v) is 14.2. The molecule has 0 aliphatic carbocycles. The van der Waals surface area contributed by atoms with Crippen molar-refractivity contribution in [3.8, 4) is 0 Å². The Hall–Kier alpha value is -1.26. The van der Waals surface area contributed by atoms with Crippen LogP contribution in [0.5, 0.6) is 0 Å². The maximum atomic E-state index is 4.32. The highest BCUT2D eigenvalue weighted by Gasteiger charge is 2.20. The van der Waals surface area contributed by atoms with Gasteiger partial charge in [-0.3, -0.25) is 0 Å². The lowest BCUT2D eigenvalue weighted by molar-refractivity contribution is 0.549. The van der Waals surface area contributed by atoms with Crippen LogP contribution in [0.15, 0.2) is 24.3 Å². The highest BCUT2D eigenvalue weighted by atomic mass is 32.1. The molecule has 1 atom stereocenters.